The molecule has 1 aromatic carbocycles. The second-order valence-corrected chi connectivity index (χ2v) is 6.73. The number of aliphatic hydroxyl groups excluding tert-OH is 1. The van der Waals surface area contributed by atoms with Crippen LogP contribution >= 0.6 is 11.3 Å². The number of ether oxygens (including phenoxy) is 1. The van der Waals surface area contributed by atoms with E-state index in [9.17, 15) is 5.11 Å². The van der Waals surface area contributed by atoms with Gasteiger partial charge >= 0.3 is 0 Å². The Hall–Kier alpha value is -1.20. The van der Waals surface area contributed by atoms with Gasteiger partial charge in [-0.2, -0.15) is 11.3 Å². The number of hydrogen-bond acceptors (Lipinski definition) is 4. The Morgan fingerprint density at radius 3 is 2.68 bits per heavy atom. The van der Waals surface area contributed by atoms with E-state index in [4.69, 9.17) is 4.74 Å². The minimum absolute atomic E-state index is 0.391. The molecule has 1 N–H and O–H groups in total. The fraction of sp³-hybridized carbons (Fsp3) is 0.444. The summed E-state index contributed by atoms with van der Waals surface area (Å²) in [6.07, 6.45) is 2.08. The van der Waals surface area contributed by atoms with Crippen LogP contribution in [-0.2, 0) is 17.9 Å². The largest absolute Gasteiger partial charge is 0.389 e. The van der Waals surface area contributed by atoms with E-state index in [0.717, 1.165) is 12.1 Å². The monoisotopic (exact) mass is 317 g/mol. The minimum atomic E-state index is -0.428. The molecular formula is C18H23NO2S. The molecule has 1 aromatic heterocycles. The van der Waals surface area contributed by atoms with E-state index in [1.54, 1.807) is 11.3 Å². The van der Waals surface area contributed by atoms with E-state index >= 15 is 0 Å². The summed E-state index contributed by atoms with van der Waals surface area (Å²) in [6, 6.07) is 12.9. The average molecular weight is 317 g/mol. The first-order valence-electron chi connectivity index (χ1n) is 7.86. The molecule has 1 unspecified atom stereocenters. The van der Waals surface area contributed by atoms with E-state index in [-0.39, 0.29) is 0 Å². The van der Waals surface area contributed by atoms with E-state index in [2.05, 4.69) is 21.7 Å². The Bertz CT molecular complexity index is 539. The zero-order valence-electron chi connectivity index (χ0n) is 12.7. The zero-order chi connectivity index (χ0) is 15.2. The second-order valence-electron chi connectivity index (χ2n) is 5.95. The third-order valence-corrected chi connectivity index (χ3v) is 4.63. The molecule has 22 heavy (non-hydrogen) atoms. The van der Waals surface area contributed by atoms with Gasteiger partial charge in [0, 0.05) is 19.1 Å². The smallest absolute Gasteiger partial charge is 0.0900 e. The van der Waals surface area contributed by atoms with Crippen LogP contribution in [0.25, 0.3) is 0 Å². The van der Waals surface area contributed by atoms with E-state index in [1.165, 1.54) is 18.4 Å². The maximum atomic E-state index is 10.2. The molecule has 4 heteroatoms. The molecule has 0 amide bonds. The van der Waals surface area contributed by atoms with Gasteiger partial charge in [-0.3, -0.25) is 4.90 Å². The molecule has 0 spiro atoms. The maximum Gasteiger partial charge on any atom is 0.0900 e. The Kier molecular flexibility index (Phi) is 5.62. The average Bonchev–Trinajstić information content (AvgIpc) is 3.26. The number of aliphatic hydroxyl groups is 1. The first-order chi connectivity index (χ1) is 10.8. The van der Waals surface area contributed by atoms with Crippen molar-refractivity contribution in [3.8, 4) is 0 Å². The summed E-state index contributed by atoms with van der Waals surface area (Å²) in [5.74, 6) is 0. The molecule has 1 saturated carbocycles. The number of rotatable bonds is 9. The number of benzene rings is 1. The lowest BCUT2D eigenvalue weighted by Crippen LogP contribution is -2.36. The molecule has 1 aliphatic carbocycles. The molecule has 3 rings (SSSR count). The lowest BCUT2D eigenvalue weighted by Gasteiger charge is -2.24. The molecule has 1 atom stereocenters. The van der Waals surface area contributed by atoms with Crippen LogP contribution in [0.2, 0.25) is 0 Å². The van der Waals surface area contributed by atoms with Gasteiger partial charge in [0.15, 0.2) is 0 Å². The van der Waals surface area contributed by atoms with Crippen LogP contribution in [0.15, 0.2) is 47.2 Å². The number of nitrogens with zero attached hydrogens (tertiary/aromatic N) is 1. The Morgan fingerprint density at radius 2 is 2.00 bits per heavy atom. The van der Waals surface area contributed by atoms with Crippen LogP contribution in [0.1, 0.15) is 24.0 Å². The predicted molar refractivity (Wildman–Crippen MR) is 89.9 cm³/mol. The minimum Gasteiger partial charge on any atom is -0.389 e. The molecule has 2 aromatic rings. The SMILES string of the molecule is OC(COCc1ccccc1)CN(Cc1ccsc1)C1CC1. The molecule has 1 heterocycles. The predicted octanol–water partition coefficient (Wildman–Crippen LogP) is 3.29. The van der Waals surface area contributed by atoms with Crippen LogP contribution < -0.4 is 0 Å². The van der Waals surface area contributed by atoms with Gasteiger partial charge < -0.3 is 9.84 Å². The van der Waals surface area contributed by atoms with Crippen molar-refractivity contribution in [2.75, 3.05) is 13.2 Å². The van der Waals surface area contributed by atoms with Crippen molar-refractivity contribution in [1.82, 2.24) is 4.90 Å². The standard InChI is InChI=1S/C18H23NO2S/c20-18(13-21-12-15-4-2-1-3-5-15)11-19(17-6-7-17)10-16-8-9-22-14-16/h1-5,8-9,14,17-18,20H,6-7,10-13H2. The third-order valence-electron chi connectivity index (χ3n) is 3.90. The molecule has 1 fully saturated rings. The van der Waals surface area contributed by atoms with Gasteiger partial charge in [0.1, 0.15) is 0 Å². The van der Waals surface area contributed by atoms with E-state index < -0.39 is 6.10 Å². The van der Waals surface area contributed by atoms with Crippen molar-refractivity contribution < 1.29 is 9.84 Å². The molecular weight excluding hydrogens is 294 g/mol. The van der Waals surface area contributed by atoms with Gasteiger partial charge in [0.25, 0.3) is 0 Å². The van der Waals surface area contributed by atoms with Gasteiger partial charge in [-0.15, -0.1) is 0 Å². The van der Waals surface area contributed by atoms with E-state index in [0.29, 0.717) is 25.8 Å². The molecule has 3 nitrogen and oxygen atoms in total. The van der Waals surface area contributed by atoms with Gasteiger partial charge in [-0.05, 0) is 40.8 Å². The van der Waals surface area contributed by atoms with Crippen molar-refractivity contribution >= 4 is 11.3 Å². The van der Waals surface area contributed by atoms with Gasteiger partial charge in [-0.25, -0.2) is 0 Å². The van der Waals surface area contributed by atoms with Crippen molar-refractivity contribution in [1.29, 1.82) is 0 Å². The van der Waals surface area contributed by atoms with Crippen molar-refractivity contribution in [3.63, 3.8) is 0 Å². The van der Waals surface area contributed by atoms with Crippen LogP contribution in [-0.4, -0.2) is 35.3 Å². The number of hydrogen-bond donors (Lipinski definition) is 1. The molecule has 1 aliphatic rings. The van der Waals surface area contributed by atoms with Crippen LogP contribution in [0.5, 0.6) is 0 Å². The summed E-state index contributed by atoms with van der Waals surface area (Å²) in [7, 11) is 0. The quantitative estimate of drug-likeness (QED) is 0.770. The van der Waals surface area contributed by atoms with Crippen LogP contribution in [0.4, 0.5) is 0 Å². The van der Waals surface area contributed by atoms with Gasteiger partial charge in [-0.1, -0.05) is 30.3 Å². The van der Waals surface area contributed by atoms with Gasteiger partial charge in [0.05, 0.1) is 19.3 Å². The summed E-state index contributed by atoms with van der Waals surface area (Å²) in [4.78, 5) is 2.39. The zero-order valence-corrected chi connectivity index (χ0v) is 13.5. The summed E-state index contributed by atoms with van der Waals surface area (Å²) < 4.78 is 5.64. The van der Waals surface area contributed by atoms with Crippen molar-refractivity contribution in [3.05, 3.63) is 58.3 Å². The molecule has 0 radical (unpaired) electrons. The lowest BCUT2D eigenvalue weighted by molar-refractivity contribution is 0.00707. The maximum absolute atomic E-state index is 10.2. The molecule has 0 bridgehead atoms. The fourth-order valence-electron chi connectivity index (χ4n) is 2.61. The van der Waals surface area contributed by atoms with E-state index in [1.807, 2.05) is 30.3 Å². The summed E-state index contributed by atoms with van der Waals surface area (Å²) in [6.45, 7) is 2.58. The first kappa shape index (κ1) is 15.7. The Morgan fingerprint density at radius 1 is 1.18 bits per heavy atom. The summed E-state index contributed by atoms with van der Waals surface area (Å²) in [5.41, 5.74) is 2.49. The highest BCUT2D eigenvalue weighted by Gasteiger charge is 2.30. The lowest BCUT2D eigenvalue weighted by atomic mass is 10.2. The normalized spacial score (nSPS) is 16.1. The Labute approximate surface area is 136 Å². The summed E-state index contributed by atoms with van der Waals surface area (Å²) >= 11 is 1.73. The topological polar surface area (TPSA) is 32.7 Å². The highest BCUT2D eigenvalue weighted by atomic mass is 32.1. The molecule has 0 aliphatic heterocycles. The highest BCUT2D eigenvalue weighted by Crippen LogP contribution is 2.28. The highest BCUT2D eigenvalue weighted by molar-refractivity contribution is 7.07. The van der Waals surface area contributed by atoms with Gasteiger partial charge in [0.2, 0.25) is 0 Å². The van der Waals surface area contributed by atoms with Crippen molar-refractivity contribution in [2.24, 2.45) is 0 Å². The summed E-state index contributed by atoms with van der Waals surface area (Å²) in [5, 5.41) is 14.5. The second kappa shape index (κ2) is 7.88. The first-order valence-corrected chi connectivity index (χ1v) is 8.80. The van der Waals surface area contributed by atoms with Crippen LogP contribution in [0, 0.1) is 0 Å². The van der Waals surface area contributed by atoms with Crippen molar-refractivity contribution in [2.45, 2.75) is 38.1 Å². The third kappa shape index (κ3) is 4.92. The molecule has 118 valence electrons. The fourth-order valence-corrected chi connectivity index (χ4v) is 3.27. The van der Waals surface area contributed by atoms with Crippen LogP contribution in [0.3, 0.4) is 0 Å². The Balaban J connectivity index is 1.42. The molecule has 0 saturated heterocycles. The number of thiophene rings is 1.